The Balaban J connectivity index is 2.45. The van der Waals surface area contributed by atoms with E-state index in [1.807, 2.05) is 13.8 Å². The van der Waals surface area contributed by atoms with E-state index in [0.29, 0.717) is 6.54 Å². The predicted molar refractivity (Wildman–Crippen MR) is 72.9 cm³/mol. The van der Waals surface area contributed by atoms with Crippen LogP contribution in [0.3, 0.4) is 0 Å². The largest absolute Gasteiger partial charge is 0.496 e. The Morgan fingerprint density at radius 2 is 2.11 bits per heavy atom. The molecule has 19 heavy (non-hydrogen) atoms. The van der Waals surface area contributed by atoms with E-state index in [4.69, 9.17) is 16.3 Å². The van der Waals surface area contributed by atoms with Crippen molar-refractivity contribution < 1.29 is 4.74 Å². The molecule has 0 saturated carbocycles. The van der Waals surface area contributed by atoms with E-state index in [2.05, 4.69) is 9.97 Å². The van der Waals surface area contributed by atoms with Crippen molar-refractivity contribution >= 4 is 11.6 Å². The smallest absolute Gasteiger partial charge is 0.288 e. The second kappa shape index (κ2) is 5.40. The molecule has 0 spiro atoms. The minimum atomic E-state index is -0.329. The SMILES string of the molecule is COc1c(C)cnc(Cn2ccnc(Cl)c2=O)c1C. The zero-order valence-electron chi connectivity index (χ0n) is 11.0. The van der Waals surface area contributed by atoms with Gasteiger partial charge in [0.15, 0.2) is 5.15 Å². The normalized spacial score (nSPS) is 10.5. The molecule has 0 saturated heterocycles. The third-order valence-corrected chi connectivity index (χ3v) is 3.20. The number of pyridine rings is 1. The number of aromatic nitrogens is 3. The van der Waals surface area contributed by atoms with Crippen LogP contribution in [0.15, 0.2) is 23.4 Å². The van der Waals surface area contributed by atoms with Gasteiger partial charge >= 0.3 is 0 Å². The summed E-state index contributed by atoms with van der Waals surface area (Å²) in [5.41, 5.74) is 2.32. The highest BCUT2D eigenvalue weighted by atomic mass is 35.5. The molecule has 0 aromatic carbocycles. The van der Waals surface area contributed by atoms with Gasteiger partial charge in [0.1, 0.15) is 5.75 Å². The monoisotopic (exact) mass is 279 g/mol. The first-order valence-electron chi connectivity index (χ1n) is 5.74. The molecule has 6 heteroatoms. The van der Waals surface area contributed by atoms with Gasteiger partial charge in [-0.25, -0.2) is 4.98 Å². The summed E-state index contributed by atoms with van der Waals surface area (Å²) in [5, 5.41) is -0.0424. The van der Waals surface area contributed by atoms with Crippen LogP contribution < -0.4 is 10.3 Å². The Kier molecular flexibility index (Phi) is 3.85. The lowest BCUT2D eigenvalue weighted by Crippen LogP contribution is -2.22. The van der Waals surface area contributed by atoms with E-state index in [1.165, 1.54) is 10.8 Å². The van der Waals surface area contributed by atoms with Crippen molar-refractivity contribution in [2.24, 2.45) is 0 Å². The lowest BCUT2D eigenvalue weighted by atomic mass is 10.1. The van der Waals surface area contributed by atoms with Crippen LogP contribution in [0.2, 0.25) is 5.15 Å². The summed E-state index contributed by atoms with van der Waals surface area (Å²) >= 11 is 5.71. The molecular weight excluding hydrogens is 266 g/mol. The van der Waals surface area contributed by atoms with Gasteiger partial charge in [-0.1, -0.05) is 11.6 Å². The fourth-order valence-corrected chi connectivity index (χ4v) is 2.10. The molecule has 2 heterocycles. The third-order valence-electron chi connectivity index (χ3n) is 2.94. The first kappa shape index (κ1) is 13.5. The molecule has 0 amide bonds. The zero-order chi connectivity index (χ0) is 14.0. The van der Waals surface area contributed by atoms with Gasteiger partial charge in [-0.15, -0.1) is 0 Å². The van der Waals surface area contributed by atoms with Crippen molar-refractivity contribution in [3.63, 3.8) is 0 Å². The summed E-state index contributed by atoms with van der Waals surface area (Å²) < 4.78 is 6.81. The Hall–Kier alpha value is -1.88. The van der Waals surface area contributed by atoms with Crippen LogP contribution in [0.25, 0.3) is 0 Å². The van der Waals surface area contributed by atoms with Gasteiger partial charge < -0.3 is 9.30 Å². The number of hydrogen-bond donors (Lipinski definition) is 0. The van der Waals surface area contributed by atoms with Gasteiger partial charge in [0.25, 0.3) is 5.56 Å². The molecule has 0 aliphatic rings. The van der Waals surface area contributed by atoms with Crippen molar-refractivity contribution in [3.8, 4) is 5.75 Å². The van der Waals surface area contributed by atoms with Crippen LogP contribution in [0, 0.1) is 13.8 Å². The number of halogens is 1. The maximum Gasteiger partial charge on any atom is 0.288 e. The standard InChI is InChI=1S/C13H14ClN3O2/c1-8-6-16-10(9(2)11(8)19-3)7-17-5-4-15-12(14)13(17)18/h4-6H,7H2,1-3H3. The molecule has 0 aliphatic heterocycles. The lowest BCUT2D eigenvalue weighted by Gasteiger charge is -2.13. The van der Waals surface area contributed by atoms with E-state index in [9.17, 15) is 4.79 Å². The van der Waals surface area contributed by atoms with E-state index >= 15 is 0 Å². The maximum absolute atomic E-state index is 11.8. The van der Waals surface area contributed by atoms with Crippen molar-refractivity contribution in [1.82, 2.24) is 14.5 Å². The van der Waals surface area contributed by atoms with Crippen molar-refractivity contribution in [2.75, 3.05) is 7.11 Å². The Bertz CT molecular complexity index is 667. The van der Waals surface area contributed by atoms with Crippen LogP contribution in [0.4, 0.5) is 0 Å². The van der Waals surface area contributed by atoms with Gasteiger partial charge in [0.05, 0.1) is 19.3 Å². The molecule has 0 atom stereocenters. The van der Waals surface area contributed by atoms with E-state index < -0.39 is 0 Å². The first-order chi connectivity index (χ1) is 9.04. The molecule has 100 valence electrons. The lowest BCUT2D eigenvalue weighted by molar-refractivity contribution is 0.406. The van der Waals surface area contributed by atoms with Crippen LogP contribution in [0.5, 0.6) is 5.75 Å². The topological polar surface area (TPSA) is 57.0 Å². The Morgan fingerprint density at radius 1 is 1.37 bits per heavy atom. The summed E-state index contributed by atoms with van der Waals surface area (Å²) in [4.78, 5) is 19.9. The summed E-state index contributed by atoms with van der Waals surface area (Å²) in [5.74, 6) is 0.790. The first-order valence-corrected chi connectivity index (χ1v) is 6.12. The quantitative estimate of drug-likeness (QED) is 0.862. The molecule has 0 bridgehead atoms. The average molecular weight is 280 g/mol. The van der Waals surface area contributed by atoms with Gasteiger partial charge in [-0.3, -0.25) is 9.78 Å². The fourth-order valence-electron chi connectivity index (χ4n) is 1.94. The zero-order valence-corrected chi connectivity index (χ0v) is 11.7. The number of methoxy groups -OCH3 is 1. The van der Waals surface area contributed by atoms with Gasteiger partial charge in [-0.2, -0.15) is 0 Å². The molecular formula is C13H14ClN3O2. The highest BCUT2D eigenvalue weighted by Gasteiger charge is 2.11. The summed E-state index contributed by atoms with van der Waals surface area (Å²) in [7, 11) is 1.62. The highest BCUT2D eigenvalue weighted by molar-refractivity contribution is 6.29. The second-order valence-electron chi connectivity index (χ2n) is 4.20. The number of rotatable bonds is 3. The van der Waals surface area contributed by atoms with Crippen molar-refractivity contribution in [1.29, 1.82) is 0 Å². The predicted octanol–water partition coefficient (Wildman–Crippen LogP) is 1.97. The molecule has 0 fully saturated rings. The summed E-state index contributed by atoms with van der Waals surface area (Å²) in [6, 6.07) is 0. The number of aryl methyl sites for hydroxylation is 1. The summed E-state index contributed by atoms with van der Waals surface area (Å²) in [6.45, 7) is 4.18. The third kappa shape index (κ3) is 2.61. The minimum Gasteiger partial charge on any atom is -0.496 e. The molecule has 2 aromatic rings. The summed E-state index contributed by atoms with van der Waals surface area (Å²) in [6.07, 6.45) is 4.81. The number of hydrogen-bond acceptors (Lipinski definition) is 4. The van der Waals surface area contributed by atoms with Crippen LogP contribution in [0.1, 0.15) is 16.8 Å². The van der Waals surface area contributed by atoms with E-state index in [1.54, 1.807) is 19.5 Å². The van der Waals surface area contributed by atoms with Gasteiger partial charge in [-0.05, 0) is 13.8 Å². The number of ether oxygens (including phenoxy) is 1. The van der Waals surface area contributed by atoms with Crippen LogP contribution in [-0.2, 0) is 6.54 Å². The van der Waals surface area contributed by atoms with E-state index in [-0.39, 0.29) is 10.7 Å². The highest BCUT2D eigenvalue weighted by Crippen LogP contribution is 2.24. The van der Waals surface area contributed by atoms with Gasteiger partial charge in [0, 0.05) is 29.7 Å². The van der Waals surface area contributed by atoms with E-state index in [0.717, 1.165) is 22.6 Å². The number of nitrogens with zero attached hydrogens (tertiary/aromatic N) is 3. The van der Waals surface area contributed by atoms with Crippen molar-refractivity contribution in [3.05, 3.63) is 50.9 Å². The fraction of sp³-hybridized carbons (Fsp3) is 0.308. The van der Waals surface area contributed by atoms with Gasteiger partial charge in [0.2, 0.25) is 0 Å². The molecule has 0 N–H and O–H groups in total. The minimum absolute atomic E-state index is 0.0424. The second-order valence-corrected chi connectivity index (χ2v) is 4.56. The van der Waals surface area contributed by atoms with Crippen LogP contribution >= 0.6 is 11.6 Å². The van der Waals surface area contributed by atoms with Crippen LogP contribution in [-0.4, -0.2) is 21.6 Å². The molecule has 0 unspecified atom stereocenters. The molecule has 2 aromatic heterocycles. The van der Waals surface area contributed by atoms with Crippen molar-refractivity contribution in [2.45, 2.75) is 20.4 Å². The average Bonchev–Trinajstić information content (AvgIpc) is 2.39. The molecule has 5 nitrogen and oxygen atoms in total. The molecule has 2 rings (SSSR count). The Labute approximate surface area is 115 Å². The maximum atomic E-state index is 11.8. The Morgan fingerprint density at radius 3 is 2.79 bits per heavy atom. The molecule has 0 aliphatic carbocycles. The molecule has 0 radical (unpaired) electrons.